The van der Waals surface area contributed by atoms with Crippen LogP contribution in [0.15, 0.2) is 18.2 Å². The minimum atomic E-state index is 0.979. The third-order valence-electron chi connectivity index (χ3n) is 9.00. The molecule has 0 aliphatic heterocycles. The summed E-state index contributed by atoms with van der Waals surface area (Å²) >= 11 is 0. The van der Waals surface area contributed by atoms with Crippen molar-refractivity contribution in [3.63, 3.8) is 0 Å². The van der Waals surface area contributed by atoms with Gasteiger partial charge in [0, 0.05) is 0 Å². The monoisotopic (exact) mass is 394 g/mol. The van der Waals surface area contributed by atoms with E-state index in [1.807, 2.05) is 0 Å². The van der Waals surface area contributed by atoms with Gasteiger partial charge in [-0.25, -0.2) is 0 Å². The number of hydrogen-bond acceptors (Lipinski definition) is 0. The molecule has 0 bridgehead atoms. The van der Waals surface area contributed by atoms with Gasteiger partial charge in [-0.3, -0.25) is 0 Å². The van der Waals surface area contributed by atoms with Crippen LogP contribution in [0.25, 0.3) is 0 Å². The summed E-state index contributed by atoms with van der Waals surface area (Å²) in [5.41, 5.74) is 4.97. The molecular formula is C29H46. The minimum absolute atomic E-state index is 0.979. The maximum Gasteiger partial charge on any atom is -0.0245 e. The van der Waals surface area contributed by atoms with Crippen LogP contribution in [0.2, 0.25) is 0 Å². The Morgan fingerprint density at radius 3 is 2.31 bits per heavy atom. The van der Waals surface area contributed by atoms with E-state index in [0.717, 1.165) is 29.6 Å². The normalized spacial score (nSPS) is 31.9. The van der Waals surface area contributed by atoms with E-state index in [9.17, 15) is 0 Å². The van der Waals surface area contributed by atoms with Gasteiger partial charge in [-0.15, -0.1) is 0 Å². The molecular weight excluding hydrogens is 348 g/mol. The third kappa shape index (κ3) is 5.48. The van der Waals surface area contributed by atoms with Crippen molar-refractivity contribution in [2.24, 2.45) is 29.6 Å². The Balaban J connectivity index is 1.28. The molecule has 0 N–H and O–H groups in total. The van der Waals surface area contributed by atoms with Crippen molar-refractivity contribution >= 4 is 0 Å². The van der Waals surface area contributed by atoms with Crippen LogP contribution in [-0.2, 0) is 19.3 Å². The van der Waals surface area contributed by atoms with Crippen LogP contribution < -0.4 is 0 Å². The summed E-state index contributed by atoms with van der Waals surface area (Å²) in [4.78, 5) is 0. The molecule has 5 atom stereocenters. The molecule has 0 saturated heterocycles. The Morgan fingerprint density at radius 1 is 0.724 bits per heavy atom. The Morgan fingerprint density at radius 2 is 1.48 bits per heavy atom. The standard InChI is InChI=1S/C29H46/c1-3-5-7-9-23-11-13-27-21-29(17-15-25(27)19-23)28-16-14-24-18-22(8-6-4-2)10-12-26(24)20-28/h10,12,18,23,25,27-29H,3-9,11,13-17,19-21H2,1-2H3. The van der Waals surface area contributed by atoms with Gasteiger partial charge in [0.15, 0.2) is 0 Å². The Labute approximate surface area is 181 Å². The molecule has 0 amide bonds. The molecule has 3 aliphatic carbocycles. The number of hydrogen-bond donors (Lipinski definition) is 0. The molecule has 0 spiro atoms. The molecule has 2 fully saturated rings. The average molecular weight is 395 g/mol. The lowest BCUT2D eigenvalue weighted by molar-refractivity contribution is 0.0690. The van der Waals surface area contributed by atoms with Gasteiger partial charge in [-0.1, -0.05) is 70.6 Å². The zero-order chi connectivity index (χ0) is 20.1. The number of fused-ring (bicyclic) bond motifs is 2. The highest BCUT2D eigenvalue weighted by atomic mass is 14.4. The predicted molar refractivity (Wildman–Crippen MR) is 126 cm³/mol. The van der Waals surface area contributed by atoms with E-state index < -0.39 is 0 Å². The first kappa shape index (κ1) is 21.5. The molecule has 29 heavy (non-hydrogen) atoms. The summed E-state index contributed by atoms with van der Waals surface area (Å²) < 4.78 is 0. The summed E-state index contributed by atoms with van der Waals surface area (Å²) in [6.07, 6.45) is 23.3. The second kappa shape index (κ2) is 10.5. The molecule has 0 heterocycles. The summed E-state index contributed by atoms with van der Waals surface area (Å²) in [5.74, 6) is 5.24. The molecule has 2 saturated carbocycles. The molecule has 162 valence electrons. The van der Waals surface area contributed by atoms with E-state index in [1.54, 1.807) is 48.8 Å². The second-order valence-electron chi connectivity index (χ2n) is 11.0. The molecule has 1 aromatic rings. The van der Waals surface area contributed by atoms with Crippen molar-refractivity contribution < 1.29 is 0 Å². The van der Waals surface area contributed by atoms with Crippen molar-refractivity contribution in [2.45, 2.75) is 117 Å². The van der Waals surface area contributed by atoms with Crippen LogP contribution in [0.5, 0.6) is 0 Å². The first-order valence-electron chi connectivity index (χ1n) is 13.4. The van der Waals surface area contributed by atoms with Crippen molar-refractivity contribution in [3.05, 3.63) is 34.9 Å². The SMILES string of the molecule is CCCCCC1CCC2CC(C3CCc4cc(CCCC)ccc4C3)CCC2C1. The van der Waals surface area contributed by atoms with Crippen molar-refractivity contribution in [2.75, 3.05) is 0 Å². The van der Waals surface area contributed by atoms with Gasteiger partial charge in [-0.2, -0.15) is 0 Å². The Kier molecular flexibility index (Phi) is 7.77. The van der Waals surface area contributed by atoms with E-state index in [4.69, 9.17) is 0 Å². The molecule has 0 heteroatoms. The van der Waals surface area contributed by atoms with Gasteiger partial charge >= 0.3 is 0 Å². The minimum Gasteiger partial charge on any atom is -0.0654 e. The van der Waals surface area contributed by atoms with Crippen molar-refractivity contribution in [1.82, 2.24) is 0 Å². The first-order valence-corrected chi connectivity index (χ1v) is 13.4. The largest absolute Gasteiger partial charge is 0.0654 e. The molecule has 5 unspecified atom stereocenters. The summed E-state index contributed by atoms with van der Waals surface area (Å²) in [6.45, 7) is 4.64. The van der Waals surface area contributed by atoms with Gasteiger partial charge in [0.2, 0.25) is 0 Å². The predicted octanol–water partition coefficient (Wildman–Crippen LogP) is 8.55. The van der Waals surface area contributed by atoms with Gasteiger partial charge in [0.25, 0.3) is 0 Å². The van der Waals surface area contributed by atoms with Crippen LogP contribution in [0.4, 0.5) is 0 Å². The highest BCUT2D eigenvalue weighted by Gasteiger charge is 2.38. The first-order chi connectivity index (χ1) is 14.3. The average Bonchev–Trinajstić information content (AvgIpc) is 2.77. The fourth-order valence-corrected chi connectivity index (χ4v) is 7.17. The van der Waals surface area contributed by atoms with Crippen LogP contribution in [0.3, 0.4) is 0 Å². The number of benzene rings is 1. The van der Waals surface area contributed by atoms with Crippen LogP contribution in [0, 0.1) is 29.6 Å². The maximum atomic E-state index is 2.55. The van der Waals surface area contributed by atoms with Gasteiger partial charge in [0.1, 0.15) is 0 Å². The lowest BCUT2D eigenvalue weighted by Gasteiger charge is -2.45. The van der Waals surface area contributed by atoms with E-state index in [1.165, 1.54) is 70.6 Å². The molecule has 0 aromatic heterocycles. The van der Waals surface area contributed by atoms with Gasteiger partial charge in [0.05, 0.1) is 0 Å². The number of unbranched alkanes of at least 4 members (excludes halogenated alkanes) is 3. The van der Waals surface area contributed by atoms with Crippen molar-refractivity contribution in [3.8, 4) is 0 Å². The maximum absolute atomic E-state index is 2.55. The van der Waals surface area contributed by atoms with E-state index in [-0.39, 0.29) is 0 Å². The smallest absolute Gasteiger partial charge is 0.0245 e. The molecule has 4 rings (SSSR count). The number of aryl methyl sites for hydroxylation is 2. The number of rotatable bonds is 8. The summed E-state index contributed by atoms with van der Waals surface area (Å²) in [6, 6.07) is 7.49. The Bertz CT molecular complexity index is 629. The van der Waals surface area contributed by atoms with E-state index >= 15 is 0 Å². The molecule has 0 radical (unpaired) electrons. The zero-order valence-corrected chi connectivity index (χ0v) is 19.4. The molecule has 1 aromatic carbocycles. The lowest BCUT2D eigenvalue weighted by atomic mass is 9.61. The van der Waals surface area contributed by atoms with Crippen LogP contribution in [-0.4, -0.2) is 0 Å². The van der Waals surface area contributed by atoms with Gasteiger partial charge in [-0.05, 0) is 110 Å². The molecule has 3 aliphatic rings. The van der Waals surface area contributed by atoms with Crippen molar-refractivity contribution in [1.29, 1.82) is 0 Å². The summed E-state index contributed by atoms with van der Waals surface area (Å²) in [5, 5.41) is 0. The fraction of sp³-hybridized carbons (Fsp3) is 0.793. The Hall–Kier alpha value is -0.780. The second-order valence-corrected chi connectivity index (χ2v) is 11.0. The zero-order valence-electron chi connectivity index (χ0n) is 19.4. The summed E-state index contributed by atoms with van der Waals surface area (Å²) in [7, 11) is 0. The lowest BCUT2D eigenvalue weighted by Crippen LogP contribution is -2.35. The fourth-order valence-electron chi connectivity index (χ4n) is 7.17. The van der Waals surface area contributed by atoms with Crippen LogP contribution >= 0.6 is 0 Å². The highest BCUT2D eigenvalue weighted by molar-refractivity contribution is 5.34. The highest BCUT2D eigenvalue weighted by Crippen LogP contribution is 2.49. The van der Waals surface area contributed by atoms with E-state index in [2.05, 4.69) is 32.0 Å². The van der Waals surface area contributed by atoms with Crippen LogP contribution in [0.1, 0.15) is 114 Å². The van der Waals surface area contributed by atoms with Gasteiger partial charge < -0.3 is 0 Å². The quantitative estimate of drug-likeness (QED) is 0.387. The van der Waals surface area contributed by atoms with E-state index in [0.29, 0.717) is 0 Å². The molecule has 0 nitrogen and oxygen atoms in total. The topological polar surface area (TPSA) is 0 Å². The third-order valence-corrected chi connectivity index (χ3v) is 9.00.